The number of nitrogens with zero attached hydrogens (tertiary/aromatic N) is 1. The van der Waals surface area contributed by atoms with Crippen LogP contribution >= 0.6 is 11.3 Å². The maximum Gasteiger partial charge on any atom is 0.416 e. The van der Waals surface area contributed by atoms with Crippen LogP contribution in [0.25, 0.3) is 10.6 Å². The maximum absolute atomic E-state index is 12.9. The minimum atomic E-state index is -4.50. The number of carbonyl (C=O) groups is 1. The Kier molecular flexibility index (Phi) is 5.37. The van der Waals surface area contributed by atoms with Crippen LogP contribution < -0.4 is 5.32 Å². The number of benzene rings is 2. The number of hydrogen-bond donors (Lipinski definition) is 2. The van der Waals surface area contributed by atoms with Crippen molar-refractivity contribution in [3.63, 3.8) is 0 Å². The van der Waals surface area contributed by atoms with E-state index in [0.717, 1.165) is 41.9 Å². The van der Waals surface area contributed by atoms with Crippen molar-refractivity contribution in [2.24, 2.45) is 0 Å². The zero-order valence-corrected chi connectivity index (χ0v) is 16.3. The second-order valence-corrected chi connectivity index (χ2v) is 8.87. The zero-order chi connectivity index (χ0) is 21.4. The monoisotopic (exact) mass is 442 g/mol. The van der Waals surface area contributed by atoms with Gasteiger partial charge in [-0.3, -0.25) is 4.79 Å². The van der Waals surface area contributed by atoms with E-state index in [9.17, 15) is 31.5 Å². The van der Waals surface area contributed by atoms with Crippen molar-refractivity contribution >= 4 is 32.8 Å². The molecular formula is C18H13F3N2O4S2. The van der Waals surface area contributed by atoms with Gasteiger partial charge in [-0.15, -0.1) is 11.3 Å². The van der Waals surface area contributed by atoms with Crippen LogP contribution in [-0.4, -0.2) is 30.7 Å². The van der Waals surface area contributed by atoms with Gasteiger partial charge in [-0.25, -0.2) is 13.4 Å². The number of amides is 1. The van der Waals surface area contributed by atoms with E-state index in [1.807, 2.05) is 0 Å². The first-order chi connectivity index (χ1) is 13.4. The van der Waals surface area contributed by atoms with Gasteiger partial charge in [0.25, 0.3) is 5.91 Å². The molecule has 0 bridgehead atoms. The summed E-state index contributed by atoms with van der Waals surface area (Å²) in [7, 11) is -3.71. The van der Waals surface area contributed by atoms with E-state index in [1.54, 1.807) is 0 Å². The number of thiazole rings is 1. The number of rotatable bonds is 4. The van der Waals surface area contributed by atoms with Crippen LogP contribution in [-0.2, 0) is 16.0 Å². The predicted octanol–water partition coefficient (Wildman–Crippen LogP) is 4.19. The van der Waals surface area contributed by atoms with Gasteiger partial charge in [-0.2, -0.15) is 13.2 Å². The molecule has 0 fully saturated rings. The van der Waals surface area contributed by atoms with Crippen LogP contribution in [0.15, 0.2) is 52.7 Å². The molecule has 0 atom stereocenters. The molecule has 0 aliphatic heterocycles. The van der Waals surface area contributed by atoms with Crippen LogP contribution in [0.4, 0.5) is 18.9 Å². The fourth-order valence-electron chi connectivity index (χ4n) is 2.42. The summed E-state index contributed by atoms with van der Waals surface area (Å²) in [4.78, 5) is 16.1. The van der Waals surface area contributed by atoms with Crippen molar-refractivity contribution in [2.45, 2.75) is 11.1 Å². The van der Waals surface area contributed by atoms with Gasteiger partial charge in [0.1, 0.15) is 21.3 Å². The normalized spacial score (nSPS) is 12.0. The smallest absolute Gasteiger partial charge is 0.416 e. The van der Waals surface area contributed by atoms with Crippen molar-refractivity contribution in [1.82, 2.24) is 4.98 Å². The predicted molar refractivity (Wildman–Crippen MR) is 102 cm³/mol. The lowest BCUT2D eigenvalue weighted by molar-refractivity contribution is -0.137. The molecule has 6 nitrogen and oxygen atoms in total. The van der Waals surface area contributed by atoms with E-state index in [2.05, 4.69) is 10.3 Å². The molecule has 0 aliphatic carbocycles. The molecule has 2 N–H and O–H groups in total. The van der Waals surface area contributed by atoms with E-state index in [1.165, 1.54) is 23.6 Å². The van der Waals surface area contributed by atoms with Gasteiger partial charge >= 0.3 is 6.18 Å². The molecule has 0 unspecified atom stereocenters. The maximum atomic E-state index is 12.9. The number of nitrogens with one attached hydrogen (secondary N) is 1. The number of phenols is 1. The molecule has 0 saturated heterocycles. The van der Waals surface area contributed by atoms with Gasteiger partial charge < -0.3 is 10.4 Å². The highest BCUT2D eigenvalue weighted by molar-refractivity contribution is 7.90. The Balaban J connectivity index is 1.84. The number of alkyl halides is 3. The van der Waals surface area contributed by atoms with Crippen LogP contribution in [0.1, 0.15) is 16.1 Å². The minimum absolute atomic E-state index is 0.0450. The van der Waals surface area contributed by atoms with Crippen molar-refractivity contribution in [1.29, 1.82) is 0 Å². The lowest BCUT2D eigenvalue weighted by Crippen LogP contribution is -2.12. The van der Waals surface area contributed by atoms with Gasteiger partial charge in [0.05, 0.1) is 5.56 Å². The SMILES string of the molecule is CS(=O)(=O)c1cc(NC(=O)c2csc(-c3cccc(C(F)(F)F)c3)n2)ccc1O. The van der Waals surface area contributed by atoms with Crippen LogP contribution in [0.2, 0.25) is 0 Å². The Morgan fingerprint density at radius 2 is 1.90 bits per heavy atom. The molecule has 2 aromatic carbocycles. The van der Waals surface area contributed by atoms with Crippen molar-refractivity contribution in [3.05, 3.63) is 59.1 Å². The van der Waals surface area contributed by atoms with Gasteiger partial charge in [0.15, 0.2) is 9.84 Å². The van der Waals surface area contributed by atoms with Crippen molar-refractivity contribution in [2.75, 3.05) is 11.6 Å². The first-order valence-electron chi connectivity index (χ1n) is 7.93. The summed E-state index contributed by atoms with van der Waals surface area (Å²) in [6, 6.07) is 8.12. The fourth-order valence-corrected chi connectivity index (χ4v) is 4.01. The Hall–Kier alpha value is -2.92. The van der Waals surface area contributed by atoms with Crippen LogP contribution in [0.3, 0.4) is 0 Å². The second-order valence-electron chi connectivity index (χ2n) is 6.03. The van der Waals surface area contributed by atoms with E-state index in [0.29, 0.717) is 0 Å². The summed E-state index contributed by atoms with van der Waals surface area (Å²) < 4.78 is 61.9. The molecule has 1 amide bonds. The third-order valence-electron chi connectivity index (χ3n) is 3.79. The van der Waals surface area contributed by atoms with Crippen molar-refractivity contribution < 1.29 is 31.5 Å². The summed E-state index contributed by atoms with van der Waals surface area (Å²) in [6.07, 6.45) is -3.58. The summed E-state index contributed by atoms with van der Waals surface area (Å²) in [5.74, 6) is -1.13. The van der Waals surface area contributed by atoms with Gasteiger partial charge in [0, 0.05) is 22.9 Å². The standard InChI is InChI=1S/C18H13F3N2O4S2/c1-29(26,27)15-8-12(5-6-14(15)24)22-16(25)13-9-28-17(23-13)10-3-2-4-11(7-10)18(19,20)21/h2-9,24H,1H3,(H,22,25). The fraction of sp³-hybridized carbons (Fsp3) is 0.111. The summed E-state index contributed by atoms with van der Waals surface area (Å²) in [5.41, 5.74) is -0.542. The average molecular weight is 442 g/mol. The average Bonchev–Trinajstić information content (AvgIpc) is 3.12. The summed E-state index contributed by atoms with van der Waals surface area (Å²) >= 11 is 0.996. The zero-order valence-electron chi connectivity index (χ0n) is 14.7. The van der Waals surface area contributed by atoms with E-state index >= 15 is 0 Å². The van der Waals surface area contributed by atoms with E-state index in [4.69, 9.17) is 0 Å². The molecule has 0 aliphatic rings. The third-order valence-corrected chi connectivity index (χ3v) is 5.81. The third kappa shape index (κ3) is 4.74. The minimum Gasteiger partial charge on any atom is -0.507 e. The highest BCUT2D eigenvalue weighted by Crippen LogP contribution is 2.33. The number of hydrogen-bond acceptors (Lipinski definition) is 6. The quantitative estimate of drug-likeness (QED) is 0.591. The molecule has 0 radical (unpaired) electrons. The number of sulfone groups is 1. The number of halogens is 3. The molecule has 0 spiro atoms. The topological polar surface area (TPSA) is 96.4 Å². The Morgan fingerprint density at radius 1 is 1.17 bits per heavy atom. The Morgan fingerprint density at radius 3 is 2.55 bits per heavy atom. The van der Waals surface area contributed by atoms with Crippen molar-refractivity contribution in [3.8, 4) is 16.3 Å². The largest absolute Gasteiger partial charge is 0.507 e. The highest BCUT2D eigenvalue weighted by atomic mass is 32.2. The second kappa shape index (κ2) is 7.48. The lowest BCUT2D eigenvalue weighted by Gasteiger charge is -2.07. The van der Waals surface area contributed by atoms with Crippen LogP contribution in [0.5, 0.6) is 5.75 Å². The molecule has 3 rings (SSSR count). The Bertz CT molecular complexity index is 1190. The molecule has 3 aromatic rings. The molecule has 11 heteroatoms. The van der Waals surface area contributed by atoms with E-state index < -0.39 is 33.2 Å². The first kappa shape index (κ1) is 20.8. The lowest BCUT2D eigenvalue weighted by atomic mass is 10.1. The van der Waals surface area contributed by atoms with Gasteiger partial charge in [-0.05, 0) is 30.3 Å². The molecule has 29 heavy (non-hydrogen) atoms. The van der Waals surface area contributed by atoms with E-state index in [-0.39, 0.29) is 26.8 Å². The molecule has 152 valence electrons. The number of aromatic nitrogens is 1. The first-order valence-corrected chi connectivity index (χ1v) is 10.7. The molecular weight excluding hydrogens is 429 g/mol. The molecule has 0 saturated carbocycles. The number of carbonyl (C=O) groups excluding carboxylic acids is 1. The molecule has 1 aromatic heterocycles. The highest BCUT2D eigenvalue weighted by Gasteiger charge is 2.30. The van der Waals surface area contributed by atoms with Gasteiger partial charge in [0.2, 0.25) is 0 Å². The number of phenolic OH excluding ortho intramolecular Hbond substituents is 1. The van der Waals surface area contributed by atoms with Gasteiger partial charge in [-0.1, -0.05) is 12.1 Å². The number of aromatic hydroxyl groups is 1. The number of anilines is 1. The molecule has 1 heterocycles. The summed E-state index contributed by atoms with van der Waals surface area (Å²) in [5, 5.41) is 13.7. The van der Waals surface area contributed by atoms with Crippen LogP contribution in [0, 0.1) is 0 Å². The Labute approximate surface area is 167 Å². The summed E-state index contributed by atoms with van der Waals surface area (Å²) in [6.45, 7) is 0.